The van der Waals surface area contributed by atoms with Gasteiger partial charge in [0, 0.05) is 42.8 Å². The van der Waals surface area contributed by atoms with Crippen LogP contribution in [0.3, 0.4) is 0 Å². The van der Waals surface area contributed by atoms with Gasteiger partial charge in [-0.2, -0.15) is 0 Å². The van der Waals surface area contributed by atoms with Crippen LogP contribution in [0.5, 0.6) is 0 Å². The van der Waals surface area contributed by atoms with Crippen molar-refractivity contribution < 1.29 is 9.47 Å². The molecule has 0 aliphatic rings. The predicted octanol–water partition coefficient (Wildman–Crippen LogP) is 1.48. The van der Waals surface area contributed by atoms with Crippen LogP contribution in [0.25, 0.3) is 0 Å². The summed E-state index contributed by atoms with van der Waals surface area (Å²) < 4.78 is 10.0. The average molecular weight is 169 g/mol. The van der Waals surface area contributed by atoms with E-state index in [1.807, 2.05) is 13.8 Å². The van der Waals surface area contributed by atoms with Gasteiger partial charge in [-0.05, 0) is 13.8 Å². The van der Waals surface area contributed by atoms with E-state index in [9.17, 15) is 0 Å². The molecule has 0 aliphatic heterocycles. The third-order valence-electron chi connectivity index (χ3n) is 0.780. The monoisotopic (exact) mass is 169 g/mol. The fourth-order valence-corrected chi connectivity index (χ4v) is 0.407. The van der Waals surface area contributed by atoms with Gasteiger partial charge in [-0.3, -0.25) is 0 Å². The van der Waals surface area contributed by atoms with Gasteiger partial charge in [0.1, 0.15) is 0 Å². The van der Waals surface area contributed by atoms with Crippen LogP contribution in [-0.2, 0) is 9.47 Å². The maximum absolute atomic E-state index is 5.01. The molecular weight excluding hydrogens is 151 g/mol. The number of hydrogen-bond acceptors (Lipinski definition) is 2. The van der Waals surface area contributed by atoms with Gasteiger partial charge < -0.3 is 9.47 Å². The Labute approximate surface area is 92.3 Å². The molecule has 0 aromatic heterocycles. The van der Waals surface area contributed by atoms with Gasteiger partial charge in [-0.25, -0.2) is 0 Å². The normalized spacial score (nSPS) is 7.45. The van der Waals surface area contributed by atoms with Crippen molar-refractivity contribution in [1.82, 2.24) is 0 Å². The first kappa shape index (κ1) is 17.7. The molecule has 1 radical (unpaired) electrons. The van der Waals surface area contributed by atoms with Crippen molar-refractivity contribution in [2.24, 2.45) is 0 Å². The standard InChI is InChI=1S/C6H14O2.C2H4.Na/c1-3-7-5-6-8-4-2;1-2;/h3-6H2,1-2H3;1-2H2;. The Morgan fingerprint density at radius 3 is 1.36 bits per heavy atom. The van der Waals surface area contributed by atoms with E-state index < -0.39 is 0 Å². The Morgan fingerprint density at radius 2 is 1.18 bits per heavy atom. The van der Waals surface area contributed by atoms with Crippen molar-refractivity contribution >= 4 is 29.6 Å². The summed E-state index contributed by atoms with van der Waals surface area (Å²) >= 11 is 0. The minimum Gasteiger partial charge on any atom is -0.379 e. The summed E-state index contributed by atoms with van der Waals surface area (Å²) in [5.41, 5.74) is 0. The zero-order chi connectivity index (χ0) is 8.24. The van der Waals surface area contributed by atoms with Crippen LogP contribution in [0.15, 0.2) is 13.2 Å². The van der Waals surface area contributed by atoms with E-state index in [1.54, 1.807) is 0 Å². The first-order valence-electron chi connectivity index (χ1n) is 3.57. The second-order valence-corrected chi connectivity index (χ2v) is 1.39. The van der Waals surface area contributed by atoms with E-state index in [1.165, 1.54) is 0 Å². The molecule has 0 amide bonds. The third-order valence-corrected chi connectivity index (χ3v) is 0.780. The predicted molar refractivity (Wildman–Crippen MR) is 50.0 cm³/mol. The van der Waals surface area contributed by atoms with E-state index in [-0.39, 0.29) is 29.6 Å². The minimum absolute atomic E-state index is 0. The van der Waals surface area contributed by atoms with Crippen LogP contribution < -0.4 is 0 Å². The van der Waals surface area contributed by atoms with Gasteiger partial charge in [0.05, 0.1) is 13.2 Å². The van der Waals surface area contributed by atoms with E-state index in [0.717, 1.165) is 26.4 Å². The molecule has 0 N–H and O–H groups in total. The van der Waals surface area contributed by atoms with Crippen LogP contribution in [0.4, 0.5) is 0 Å². The molecule has 0 bridgehead atoms. The van der Waals surface area contributed by atoms with Crippen LogP contribution >= 0.6 is 0 Å². The van der Waals surface area contributed by atoms with E-state index >= 15 is 0 Å². The fourth-order valence-electron chi connectivity index (χ4n) is 0.407. The van der Waals surface area contributed by atoms with Gasteiger partial charge in [-0.1, -0.05) is 0 Å². The van der Waals surface area contributed by atoms with Gasteiger partial charge in [0.25, 0.3) is 0 Å². The first-order chi connectivity index (χ1) is 4.91. The van der Waals surface area contributed by atoms with Gasteiger partial charge in [0.15, 0.2) is 0 Å². The number of ether oxygens (including phenoxy) is 2. The van der Waals surface area contributed by atoms with Crippen molar-refractivity contribution in [3.8, 4) is 0 Å². The summed E-state index contributed by atoms with van der Waals surface area (Å²) in [6, 6.07) is 0. The molecule has 0 saturated carbocycles. The summed E-state index contributed by atoms with van der Waals surface area (Å²) in [5.74, 6) is 0. The van der Waals surface area contributed by atoms with Crippen molar-refractivity contribution in [2.75, 3.05) is 26.4 Å². The Morgan fingerprint density at radius 1 is 0.909 bits per heavy atom. The third kappa shape index (κ3) is 25.0. The SMILES string of the molecule is C=C.CCOCCOCC.[Na]. The number of rotatable bonds is 5. The van der Waals surface area contributed by atoms with E-state index in [4.69, 9.17) is 9.47 Å². The second-order valence-electron chi connectivity index (χ2n) is 1.39. The molecule has 0 heterocycles. The zero-order valence-corrected chi connectivity index (χ0v) is 10.1. The van der Waals surface area contributed by atoms with Crippen LogP contribution in [-0.4, -0.2) is 56.0 Å². The molecule has 0 rings (SSSR count). The van der Waals surface area contributed by atoms with Crippen LogP contribution in [0.1, 0.15) is 13.8 Å². The second kappa shape index (κ2) is 22.4. The molecule has 0 aromatic rings. The Balaban J connectivity index is -0.000000196. The molecule has 2 nitrogen and oxygen atoms in total. The zero-order valence-electron chi connectivity index (χ0n) is 8.06. The molecule has 63 valence electrons. The molecule has 0 unspecified atom stereocenters. The topological polar surface area (TPSA) is 18.5 Å². The molecule has 3 heteroatoms. The summed E-state index contributed by atoms with van der Waals surface area (Å²) in [6.45, 7) is 13.0. The summed E-state index contributed by atoms with van der Waals surface area (Å²) in [6.07, 6.45) is 0. The largest absolute Gasteiger partial charge is 0.379 e. The molecular formula is C8H18NaO2. The molecule has 0 spiro atoms. The molecule has 0 fully saturated rings. The Bertz CT molecular complexity index is 45.4. The van der Waals surface area contributed by atoms with Crippen LogP contribution in [0, 0.1) is 0 Å². The van der Waals surface area contributed by atoms with E-state index in [2.05, 4.69) is 13.2 Å². The quantitative estimate of drug-likeness (QED) is 0.352. The van der Waals surface area contributed by atoms with Crippen LogP contribution in [0.2, 0.25) is 0 Å². The minimum atomic E-state index is 0. The average Bonchev–Trinajstić information content (AvgIpc) is 2.02. The fraction of sp³-hybridized carbons (Fsp3) is 0.750. The van der Waals surface area contributed by atoms with E-state index in [0.29, 0.717) is 0 Å². The Hall–Kier alpha value is 0.660. The summed E-state index contributed by atoms with van der Waals surface area (Å²) in [5, 5.41) is 0. The van der Waals surface area contributed by atoms with Crippen molar-refractivity contribution in [2.45, 2.75) is 13.8 Å². The van der Waals surface area contributed by atoms with Gasteiger partial charge >= 0.3 is 0 Å². The summed E-state index contributed by atoms with van der Waals surface area (Å²) in [7, 11) is 0. The maximum atomic E-state index is 5.01. The summed E-state index contributed by atoms with van der Waals surface area (Å²) in [4.78, 5) is 0. The van der Waals surface area contributed by atoms with Gasteiger partial charge in [-0.15, -0.1) is 13.2 Å². The molecule has 0 saturated heterocycles. The maximum Gasteiger partial charge on any atom is 0.0700 e. The smallest absolute Gasteiger partial charge is 0.0700 e. The van der Waals surface area contributed by atoms with Gasteiger partial charge in [0.2, 0.25) is 0 Å². The molecule has 0 aliphatic carbocycles. The molecule has 0 atom stereocenters. The molecule has 11 heavy (non-hydrogen) atoms. The first-order valence-corrected chi connectivity index (χ1v) is 3.57. The molecule has 0 aromatic carbocycles. The van der Waals surface area contributed by atoms with Crippen molar-refractivity contribution in [3.05, 3.63) is 13.2 Å². The Kier molecular flexibility index (Phi) is 36.0. The van der Waals surface area contributed by atoms with Crippen molar-refractivity contribution in [1.29, 1.82) is 0 Å². The number of hydrogen-bond donors (Lipinski definition) is 0. The van der Waals surface area contributed by atoms with Crippen molar-refractivity contribution in [3.63, 3.8) is 0 Å².